The van der Waals surface area contributed by atoms with Crippen LogP contribution in [0.15, 0.2) is 47.1 Å². The zero-order valence-electron chi connectivity index (χ0n) is 15.5. The molecule has 1 aromatic heterocycles. The molecule has 6 nitrogen and oxygen atoms in total. The van der Waals surface area contributed by atoms with E-state index in [1.807, 2.05) is 0 Å². The third-order valence-corrected chi connectivity index (χ3v) is 5.74. The molecule has 1 atom stereocenters. The quantitative estimate of drug-likeness (QED) is 0.845. The summed E-state index contributed by atoms with van der Waals surface area (Å²) in [5.74, 6) is 0.196. The molecule has 1 spiro atoms. The number of rotatable bonds is 4. The van der Waals surface area contributed by atoms with Crippen LogP contribution in [-0.4, -0.2) is 35.1 Å². The fourth-order valence-electron chi connectivity index (χ4n) is 4.14. The van der Waals surface area contributed by atoms with Crippen LogP contribution in [0.1, 0.15) is 48.2 Å². The van der Waals surface area contributed by atoms with Crippen LogP contribution in [0.3, 0.4) is 0 Å². The fourth-order valence-corrected chi connectivity index (χ4v) is 4.33. The monoisotopic (exact) mass is 402 g/mol. The van der Waals surface area contributed by atoms with Crippen molar-refractivity contribution < 1.29 is 18.7 Å². The molecule has 28 heavy (non-hydrogen) atoms. The maximum absolute atomic E-state index is 13.4. The molecular weight excluding hydrogens is 380 g/mol. The van der Waals surface area contributed by atoms with Crippen LogP contribution < -0.4 is 5.32 Å². The molecule has 2 heterocycles. The van der Waals surface area contributed by atoms with E-state index in [4.69, 9.17) is 20.8 Å². The van der Waals surface area contributed by atoms with Gasteiger partial charge in [0.15, 0.2) is 0 Å². The Morgan fingerprint density at radius 2 is 2.00 bits per heavy atom. The Morgan fingerprint density at radius 3 is 2.71 bits per heavy atom. The van der Waals surface area contributed by atoms with Gasteiger partial charge in [-0.2, -0.15) is 0 Å². The van der Waals surface area contributed by atoms with Crippen LogP contribution in [-0.2, 0) is 16.1 Å². The normalized spacial score (nSPS) is 21.0. The molecule has 7 heteroatoms. The predicted molar refractivity (Wildman–Crippen MR) is 104 cm³/mol. The number of benzene rings is 1. The van der Waals surface area contributed by atoms with Gasteiger partial charge >= 0.3 is 0 Å². The molecule has 2 aromatic rings. The lowest BCUT2D eigenvalue weighted by atomic mass is 9.89. The first-order valence-electron chi connectivity index (χ1n) is 9.62. The van der Waals surface area contributed by atoms with Crippen molar-refractivity contribution in [1.82, 2.24) is 10.2 Å². The molecule has 2 fully saturated rings. The average molecular weight is 403 g/mol. The van der Waals surface area contributed by atoms with E-state index in [1.165, 1.54) is 0 Å². The van der Waals surface area contributed by atoms with Gasteiger partial charge in [-0.05, 0) is 56.0 Å². The minimum Gasteiger partial charge on any atom is -0.467 e. The molecule has 1 N–H and O–H groups in total. The lowest BCUT2D eigenvalue weighted by Crippen LogP contribution is -2.56. The van der Waals surface area contributed by atoms with E-state index in [0.717, 1.165) is 32.1 Å². The number of hydrogen-bond acceptors (Lipinski definition) is 4. The third kappa shape index (κ3) is 3.66. The molecule has 1 saturated heterocycles. The minimum atomic E-state index is -0.718. The van der Waals surface area contributed by atoms with E-state index >= 15 is 0 Å². The maximum atomic E-state index is 13.4. The Balaban J connectivity index is 1.59. The summed E-state index contributed by atoms with van der Waals surface area (Å²) in [4.78, 5) is 28.0. The van der Waals surface area contributed by atoms with E-state index in [-0.39, 0.29) is 25.0 Å². The minimum absolute atomic E-state index is 0.191. The molecule has 1 saturated carbocycles. The Kier molecular flexibility index (Phi) is 5.42. The summed E-state index contributed by atoms with van der Waals surface area (Å²) in [5, 5.41) is 3.35. The molecule has 148 valence electrons. The summed E-state index contributed by atoms with van der Waals surface area (Å²) in [7, 11) is 0. The van der Waals surface area contributed by atoms with Crippen LogP contribution in [0.25, 0.3) is 0 Å². The zero-order valence-corrected chi connectivity index (χ0v) is 16.3. The highest BCUT2D eigenvalue weighted by molar-refractivity contribution is 6.31. The van der Waals surface area contributed by atoms with E-state index in [9.17, 15) is 9.59 Å². The molecule has 1 aromatic carbocycles. The Bertz CT molecular complexity index is 846. The highest BCUT2D eigenvalue weighted by atomic mass is 35.5. The predicted octanol–water partition coefficient (Wildman–Crippen LogP) is 3.75. The second-order valence-corrected chi connectivity index (χ2v) is 7.75. The van der Waals surface area contributed by atoms with Gasteiger partial charge in [0.1, 0.15) is 17.5 Å². The first kappa shape index (κ1) is 19.0. The summed E-state index contributed by atoms with van der Waals surface area (Å²) in [6.45, 7) is 0.463. The number of ether oxygens (including phenoxy) is 1. The van der Waals surface area contributed by atoms with Gasteiger partial charge < -0.3 is 14.5 Å². The van der Waals surface area contributed by atoms with E-state index < -0.39 is 11.8 Å². The van der Waals surface area contributed by atoms with E-state index in [2.05, 4.69) is 5.32 Å². The molecular formula is C21H23ClN2O4. The SMILES string of the molecule is O=C(NCc1ccco1)C1COC2(CCCCC2)N1C(=O)c1cccc(Cl)c1. The van der Waals surface area contributed by atoms with Crippen LogP contribution in [0.5, 0.6) is 0 Å². The number of nitrogens with zero attached hydrogens (tertiary/aromatic N) is 1. The van der Waals surface area contributed by atoms with Crippen molar-refractivity contribution in [1.29, 1.82) is 0 Å². The van der Waals surface area contributed by atoms with Crippen molar-refractivity contribution in [3.63, 3.8) is 0 Å². The number of carbonyl (C=O) groups excluding carboxylic acids is 2. The summed E-state index contributed by atoms with van der Waals surface area (Å²) in [5.41, 5.74) is -0.253. The van der Waals surface area contributed by atoms with Crippen molar-refractivity contribution in [2.45, 2.75) is 50.4 Å². The average Bonchev–Trinajstić information content (AvgIpc) is 3.35. The van der Waals surface area contributed by atoms with Crippen molar-refractivity contribution in [2.75, 3.05) is 6.61 Å². The lowest BCUT2D eigenvalue weighted by Gasteiger charge is -2.41. The molecule has 2 amide bonds. The third-order valence-electron chi connectivity index (χ3n) is 5.51. The number of furan rings is 1. The standard InChI is InChI=1S/C21H23ClN2O4/c22-16-7-4-6-15(12-16)20(26)24-18(14-28-21(24)9-2-1-3-10-21)19(25)23-13-17-8-5-11-27-17/h4-8,11-12,18H,1-3,9-10,13-14H2,(H,23,25). The van der Waals surface area contributed by atoms with Gasteiger partial charge in [0, 0.05) is 10.6 Å². The molecule has 4 rings (SSSR count). The number of halogens is 1. The summed E-state index contributed by atoms with van der Waals surface area (Å²) < 4.78 is 11.4. The molecule has 1 unspecified atom stereocenters. The van der Waals surface area contributed by atoms with Crippen LogP contribution in [0.2, 0.25) is 5.02 Å². The van der Waals surface area contributed by atoms with Gasteiger partial charge in [0.25, 0.3) is 5.91 Å². The van der Waals surface area contributed by atoms with Crippen molar-refractivity contribution in [3.05, 3.63) is 59.0 Å². The van der Waals surface area contributed by atoms with Crippen LogP contribution >= 0.6 is 11.6 Å². The van der Waals surface area contributed by atoms with Gasteiger partial charge in [0.2, 0.25) is 5.91 Å². The van der Waals surface area contributed by atoms with E-state index in [1.54, 1.807) is 47.6 Å². The van der Waals surface area contributed by atoms with Crippen molar-refractivity contribution in [2.24, 2.45) is 0 Å². The number of hydrogen-bond donors (Lipinski definition) is 1. The highest BCUT2D eigenvalue weighted by Gasteiger charge is 2.52. The zero-order chi connectivity index (χ0) is 19.6. The van der Waals surface area contributed by atoms with E-state index in [0.29, 0.717) is 16.3 Å². The molecule has 0 bridgehead atoms. The first-order valence-corrected chi connectivity index (χ1v) is 10.0. The smallest absolute Gasteiger partial charge is 0.256 e. The number of nitrogens with one attached hydrogen (secondary N) is 1. The van der Waals surface area contributed by atoms with Gasteiger partial charge in [-0.15, -0.1) is 0 Å². The maximum Gasteiger partial charge on any atom is 0.256 e. The summed E-state index contributed by atoms with van der Waals surface area (Å²) >= 11 is 6.09. The van der Waals surface area contributed by atoms with Crippen molar-refractivity contribution in [3.8, 4) is 0 Å². The second kappa shape index (κ2) is 7.97. The topological polar surface area (TPSA) is 71.8 Å². The van der Waals surface area contributed by atoms with Crippen LogP contribution in [0.4, 0.5) is 0 Å². The summed E-state index contributed by atoms with van der Waals surface area (Å²) in [6, 6.07) is 9.71. The van der Waals surface area contributed by atoms with Gasteiger partial charge in [-0.1, -0.05) is 24.1 Å². The number of amides is 2. The van der Waals surface area contributed by atoms with Crippen LogP contribution in [0, 0.1) is 0 Å². The van der Waals surface area contributed by atoms with Gasteiger partial charge in [0.05, 0.1) is 19.4 Å². The largest absolute Gasteiger partial charge is 0.467 e. The van der Waals surface area contributed by atoms with Crippen molar-refractivity contribution >= 4 is 23.4 Å². The number of carbonyl (C=O) groups is 2. The van der Waals surface area contributed by atoms with Gasteiger partial charge in [-0.25, -0.2) is 0 Å². The van der Waals surface area contributed by atoms with Gasteiger partial charge in [-0.3, -0.25) is 14.5 Å². The molecule has 2 aliphatic rings. The second-order valence-electron chi connectivity index (χ2n) is 7.32. The molecule has 1 aliphatic carbocycles. The Morgan fingerprint density at radius 1 is 1.18 bits per heavy atom. The summed E-state index contributed by atoms with van der Waals surface area (Å²) in [6.07, 6.45) is 6.09. The fraction of sp³-hybridized carbons (Fsp3) is 0.429. The first-order chi connectivity index (χ1) is 13.6. The molecule has 1 aliphatic heterocycles. The molecule has 0 radical (unpaired) electrons. The lowest BCUT2D eigenvalue weighted by molar-refractivity contribution is -0.127. The highest BCUT2D eigenvalue weighted by Crippen LogP contribution is 2.41. The Labute approximate surface area is 168 Å². The Hall–Kier alpha value is -2.31.